The fourth-order valence-corrected chi connectivity index (χ4v) is 2.51. The van der Waals surface area contributed by atoms with Crippen LogP contribution in [0, 0.1) is 0 Å². The maximum atomic E-state index is 10.4. The topological polar surface area (TPSA) is 97.5 Å². The average Bonchev–Trinajstić information content (AvgIpc) is 2.95. The van der Waals surface area contributed by atoms with Gasteiger partial charge in [-0.3, -0.25) is 0 Å². The molecule has 21 heavy (non-hydrogen) atoms. The van der Waals surface area contributed by atoms with Crippen molar-refractivity contribution in [1.82, 2.24) is 10.3 Å². The van der Waals surface area contributed by atoms with Crippen molar-refractivity contribution < 1.29 is 14.6 Å². The molecule has 2 aromatic rings. The zero-order valence-electron chi connectivity index (χ0n) is 11.4. The van der Waals surface area contributed by atoms with E-state index < -0.39 is 6.09 Å². The molecule has 1 heterocycles. The monoisotopic (exact) mass is 307 g/mol. The Morgan fingerprint density at radius 1 is 1.38 bits per heavy atom. The van der Waals surface area contributed by atoms with Crippen LogP contribution in [0.5, 0.6) is 5.75 Å². The number of thiazole rings is 1. The molecule has 0 aliphatic rings. The minimum Gasteiger partial charge on any atom is -0.494 e. The Labute approximate surface area is 126 Å². The van der Waals surface area contributed by atoms with Crippen molar-refractivity contribution in [2.45, 2.75) is 13.0 Å². The van der Waals surface area contributed by atoms with E-state index in [1.165, 1.54) is 11.3 Å². The van der Waals surface area contributed by atoms with E-state index >= 15 is 0 Å². The predicted molar refractivity (Wildman–Crippen MR) is 81.6 cm³/mol. The van der Waals surface area contributed by atoms with E-state index in [2.05, 4.69) is 10.3 Å². The third-order valence-electron chi connectivity index (χ3n) is 2.69. The molecule has 1 amide bonds. The molecule has 0 saturated heterocycles. The summed E-state index contributed by atoms with van der Waals surface area (Å²) in [4.78, 5) is 15.6. The molecule has 112 valence electrons. The van der Waals surface area contributed by atoms with Crippen LogP contribution in [-0.2, 0) is 6.54 Å². The molecule has 7 heteroatoms. The number of ether oxygens (including phenoxy) is 1. The fourth-order valence-electron chi connectivity index (χ4n) is 1.65. The summed E-state index contributed by atoms with van der Waals surface area (Å²) in [5, 5.41) is 11.7. The quantitative estimate of drug-likeness (QED) is 0.682. The van der Waals surface area contributed by atoms with Gasteiger partial charge in [-0.2, -0.15) is 0 Å². The number of hydrogen-bond donors (Lipinski definition) is 3. The first-order valence-corrected chi connectivity index (χ1v) is 7.35. The molecule has 0 bridgehead atoms. The minimum atomic E-state index is -1.04. The van der Waals surface area contributed by atoms with Crippen LogP contribution >= 0.6 is 11.3 Å². The van der Waals surface area contributed by atoms with Gasteiger partial charge in [0.15, 0.2) is 0 Å². The number of hydrogen-bond acceptors (Lipinski definition) is 5. The van der Waals surface area contributed by atoms with Gasteiger partial charge in [-0.05, 0) is 37.2 Å². The molecule has 0 atom stereocenters. The molecule has 1 aromatic heterocycles. The van der Waals surface area contributed by atoms with Crippen LogP contribution in [0.25, 0.3) is 10.6 Å². The first-order chi connectivity index (χ1) is 10.2. The minimum absolute atomic E-state index is 0.271. The highest BCUT2D eigenvalue weighted by Gasteiger charge is 2.06. The number of carboxylic acid groups (broad SMARTS) is 1. The lowest BCUT2D eigenvalue weighted by atomic mass is 10.2. The van der Waals surface area contributed by atoms with Crippen molar-refractivity contribution in [3.05, 3.63) is 35.3 Å². The van der Waals surface area contributed by atoms with Crippen LogP contribution in [0.2, 0.25) is 0 Å². The molecule has 6 nitrogen and oxygen atoms in total. The molecule has 0 unspecified atom stereocenters. The Kier molecular flexibility index (Phi) is 5.53. The van der Waals surface area contributed by atoms with E-state index in [0.717, 1.165) is 27.6 Å². The van der Waals surface area contributed by atoms with Gasteiger partial charge in [0.05, 0.1) is 13.2 Å². The number of nitrogens with two attached hydrogens (primary N) is 1. The van der Waals surface area contributed by atoms with E-state index in [1.807, 2.05) is 24.3 Å². The maximum Gasteiger partial charge on any atom is 0.404 e. The zero-order chi connectivity index (χ0) is 15.1. The molecule has 0 aliphatic carbocycles. The van der Waals surface area contributed by atoms with Gasteiger partial charge in [-0.1, -0.05) is 0 Å². The highest BCUT2D eigenvalue weighted by atomic mass is 32.1. The van der Waals surface area contributed by atoms with Crippen LogP contribution in [0.1, 0.15) is 11.3 Å². The molecule has 2 rings (SSSR count). The summed E-state index contributed by atoms with van der Waals surface area (Å²) < 4.78 is 5.54. The van der Waals surface area contributed by atoms with Gasteiger partial charge in [0.1, 0.15) is 10.8 Å². The van der Waals surface area contributed by atoms with Gasteiger partial charge in [-0.15, -0.1) is 11.3 Å². The number of nitrogens with zero attached hydrogens (tertiary/aromatic N) is 1. The molecule has 0 radical (unpaired) electrons. The lowest BCUT2D eigenvalue weighted by molar-refractivity contribution is 0.194. The fraction of sp³-hybridized carbons (Fsp3) is 0.286. The van der Waals surface area contributed by atoms with Gasteiger partial charge >= 0.3 is 6.09 Å². The van der Waals surface area contributed by atoms with Crippen molar-refractivity contribution in [3.63, 3.8) is 0 Å². The number of carbonyl (C=O) groups is 1. The van der Waals surface area contributed by atoms with Crippen LogP contribution in [-0.4, -0.2) is 29.3 Å². The predicted octanol–water partition coefficient (Wildman–Crippen LogP) is 2.31. The van der Waals surface area contributed by atoms with E-state index in [9.17, 15) is 4.79 Å². The van der Waals surface area contributed by atoms with E-state index in [0.29, 0.717) is 13.2 Å². The molecule has 0 fully saturated rings. The number of amides is 1. The van der Waals surface area contributed by atoms with E-state index in [4.69, 9.17) is 15.6 Å². The summed E-state index contributed by atoms with van der Waals surface area (Å²) in [6.07, 6.45) is 1.47. The SMILES string of the molecule is NCCCOc1ccc(-c2ncc(CNC(=O)O)s2)cc1. The second-order valence-electron chi connectivity index (χ2n) is 4.31. The number of rotatable bonds is 7. The van der Waals surface area contributed by atoms with E-state index in [-0.39, 0.29) is 6.54 Å². The molecule has 0 aliphatic heterocycles. The largest absolute Gasteiger partial charge is 0.494 e. The lowest BCUT2D eigenvalue weighted by Crippen LogP contribution is -2.19. The molecule has 1 aromatic carbocycles. The van der Waals surface area contributed by atoms with Gasteiger partial charge < -0.3 is 20.9 Å². The van der Waals surface area contributed by atoms with Gasteiger partial charge in [0, 0.05) is 16.6 Å². The van der Waals surface area contributed by atoms with Crippen LogP contribution in [0.4, 0.5) is 4.79 Å². The second-order valence-corrected chi connectivity index (χ2v) is 5.42. The average molecular weight is 307 g/mol. The van der Waals surface area contributed by atoms with Gasteiger partial charge in [0.25, 0.3) is 0 Å². The summed E-state index contributed by atoms with van der Waals surface area (Å²) in [7, 11) is 0. The van der Waals surface area contributed by atoms with Gasteiger partial charge in [-0.25, -0.2) is 9.78 Å². The number of nitrogens with one attached hydrogen (secondary N) is 1. The highest BCUT2D eigenvalue weighted by molar-refractivity contribution is 7.15. The summed E-state index contributed by atoms with van der Waals surface area (Å²) in [6, 6.07) is 7.65. The first kappa shape index (κ1) is 15.3. The lowest BCUT2D eigenvalue weighted by Gasteiger charge is -2.05. The Balaban J connectivity index is 1.96. The molecule has 0 saturated carbocycles. The third-order valence-corrected chi connectivity index (χ3v) is 3.73. The highest BCUT2D eigenvalue weighted by Crippen LogP contribution is 2.26. The molecular formula is C14H17N3O3S. The Morgan fingerprint density at radius 3 is 2.81 bits per heavy atom. The Morgan fingerprint density at radius 2 is 2.14 bits per heavy atom. The standard InChI is InChI=1S/C14H17N3O3S/c15-6-1-7-20-11-4-2-10(3-5-11)13-16-8-12(21-13)9-17-14(18)19/h2-5,8,17H,1,6-7,9,15H2,(H,18,19). The normalized spacial score (nSPS) is 10.3. The molecular weight excluding hydrogens is 290 g/mol. The first-order valence-electron chi connectivity index (χ1n) is 6.54. The molecule has 4 N–H and O–H groups in total. The molecule has 0 spiro atoms. The van der Waals surface area contributed by atoms with Crippen molar-refractivity contribution in [3.8, 4) is 16.3 Å². The smallest absolute Gasteiger partial charge is 0.404 e. The van der Waals surface area contributed by atoms with Crippen molar-refractivity contribution >= 4 is 17.4 Å². The van der Waals surface area contributed by atoms with Crippen molar-refractivity contribution in [2.75, 3.05) is 13.2 Å². The van der Waals surface area contributed by atoms with Crippen molar-refractivity contribution in [2.24, 2.45) is 5.73 Å². The number of aromatic nitrogens is 1. The van der Waals surface area contributed by atoms with Gasteiger partial charge in [0.2, 0.25) is 0 Å². The summed E-state index contributed by atoms with van der Waals surface area (Å²) in [5.41, 5.74) is 6.39. The summed E-state index contributed by atoms with van der Waals surface area (Å²) in [6.45, 7) is 1.50. The summed E-state index contributed by atoms with van der Waals surface area (Å²) in [5.74, 6) is 0.802. The Hall–Kier alpha value is -2.12. The second kappa shape index (κ2) is 7.61. The van der Waals surface area contributed by atoms with Crippen molar-refractivity contribution in [1.29, 1.82) is 0 Å². The van der Waals surface area contributed by atoms with Crippen LogP contribution < -0.4 is 15.8 Å². The third kappa shape index (κ3) is 4.73. The Bertz CT molecular complexity index is 583. The zero-order valence-corrected chi connectivity index (χ0v) is 12.2. The number of benzene rings is 1. The summed E-state index contributed by atoms with van der Waals surface area (Å²) >= 11 is 1.46. The maximum absolute atomic E-state index is 10.4. The van der Waals surface area contributed by atoms with E-state index in [1.54, 1.807) is 6.20 Å². The van der Waals surface area contributed by atoms with Crippen LogP contribution in [0.3, 0.4) is 0 Å². The van der Waals surface area contributed by atoms with Crippen LogP contribution in [0.15, 0.2) is 30.5 Å².